The van der Waals surface area contributed by atoms with Gasteiger partial charge >= 0.3 is 6.18 Å². The van der Waals surface area contributed by atoms with Crippen molar-refractivity contribution in [2.75, 3.05) is 26.3 Å². The van der Waals surface area contributed by atoms with E-state index < -0.39 is 24.9 Å². The zero-order valence-electron chi connectivity index (χ0n) is 12.4. The lowest BCUT2D eigenvalue weighted by Crippen LogP contribution is -2.32. The van der Waals surface area contributed by atoms with Gasteiger partial charge in [-0.2, -0.15) is 18.3 Å². The highest BCUT2D eigenvalue weighted by Gasteiger charge is 2.40. The first-order valence-corrected chi connectivity index (χ1v) is 7.49. The Bertz CT molecular complexity index is 519. The van der Waals surface area contributed by atoms with Crippen LogP contribution in [0, 0.1) is 0 Å². The van der Waals surface area contributed by atoms with Gasteiger partial charge in [0, 0.05) is 31.9 Å². The summed E-state index contributed by atoms with van der Waals surface area (Å²) in [6.07, 6.45) is -3.04. The molecule has 0 aliphatic carbocycles. The monoisotopic (exact) mass is 333 g/mol. The minimum absolute atomic E-state index is 0.0371. The Morgan fingerprint density at radius 2 is 1.87 bits per heavy atom. The normalized spacial score (nSPS) is 26.1. The van der Waals surface area contributed by atoms with Crippen molar-refractivity contribution in [3.63, 3.8) is 0 Å². The van der Waals surface area contributed by atoms with Crippen LogP contribution in [0.25, 0.3) is 0 Å². The lowest BCUT2D eigenvalue weighted by molar-refractivity contribution is -0.149. The van der Waals surface area contributed by atoms with E-state index in [1.807, 2.05) is 12.3 Å². The average Bonchev–Trinajstić information content (AvgIpc) is 3.11. The highest BCUT2D eigenvalue weighted by Crippen LogP contribution is 2.26. The van der Waals surface area contributed by atoms with Crippen molar-refractivity contribution in [2.45, 2.75) is 37.3 Å². The molecule has 0 spiro atoms. The molecular weight excluding hydrogens is 315 g/mol. The van der Waals surface area contributed by atoms with Gasteiger partial charge in [0.2, 0.25) is 5.91 Å². The number of amides is 1. The molecule has 0 unspecified atom stereocenters. The third kappa shape index (κ3) is 4.03. The summed E-state index contributed by atoms with van der Waals surface area (Å²) in [6.45, 7) is 1.33. The molecule has 23 heavy (non-hydrogen) atoms. The van der Waals surface area contributed by atoms with E-state index >= 15 is 0 Å². The van der Waals surface area contributed by atoms with E-state index in [0.717, 1.165) is 0 Å². The summed E-state index contributed by atoms with van der Waals surface area (Å²) in [6, 6.07) is 1.78. The minimum atomic E-state index is -4.32. The summed E-state index contributed by atoms with van der Waals surface area (Å²) in [5, 5.41) is 4.15. The smallest absolute Gasteiger partial charge is 0.371 e. The van der Waals surface area contributed by atoms with E-state index in [-0.39, 0.29) is 31.3 Å². The lowest BCUT2D eigenvalue weighted by atomic mass is 10.3. The minimum Gasteiger partial charge on any atom is -0.371 e. The number of hydrogen-bond acceptors (Lipinski definition) is 4. The molecule has 0 saturated carbocycles. The van der Waals surface area contributed by atoms with E-state index in [4.69, 9.17) is 9.47 Å². The second kappa shape index (κ2) is 6.48. The zero-order valence-corrected chi connectivity index (χ0v) is 12.4. The van der Waals surface area contributed by atoms with E-state index in [9.17, 15) is 18.0 Å². The number of likely N-dealkylation sites (tertiary alicyclic amines) is 1. The molecule has 3 heterocycles. The maximum absolute atomic E-state index is 12.2. The summed E-state index contributed by atoms with van der Waals surface area (Å²) in [4.78, 5) is 13.3. The summed E-state index contributed by atoms with van der Waals surface area (Å²) in [5.74, 6) is -0.508. The molecule has 9 heteroatoms. The highest BCUT2D eigenvalue weighted by atomic mass is 19.4. The molecule has 0 N–H and O–H groups in total. The predicted octanol–water partition coefficient (Wildman–Crippen LogP) is 1.39. The van der Waals surface area contributed by atoms with E-state index in [1.165, 1.54) is 4.90 Å². The summed E-state index contributed by atoms with van der Waals surface area (Å²) in [7, 11) is 0. The first-order chi connectivity index (χ1) is 10.9. The number of carbonyl (C=O) groups excluding carboxylic acids is 1. The first-order valence-electron chi connectivity index (χ1n) is 7.49. The molecule has 128 valence electrons. The second-order valence-electron chi connectivity index (χ2n) is 5.80. The van der Waals surface area contributed by atoms with Gasteiger partial charge < -0.3 is 14.4 Å². The number of hydrogen-bond donors (Lipinski definition) is 0. The van der Waals surface area contributed by atoms with Gasteiger partial charge in [0.05, 0.1) is 25.7 Å². The van der Waals surface area contributed by atoms with Gasteiger partial charge in [-0.25, -0.2) is 0 Å². The number of rotatable bonds is 3. The van der Waals surface area contributed by atoms with Gasteiger partial charge in [-0.05, 0) is 6.07 Å². The van der Waals surface area contributed by atoms with Gasteiger partial charge in [0.25, 0.3) is 0 Å². The van der Waals surface area contributed by atoms with Gasteiger partial charge in [-0.1, -0.05) is 0 Å². The van der Waals surface area contributed by atoms with E-state index in [1.54, 1.807) is 10.9 Å². The maximum Gasteiger partial charge on any atom is 0.389 e. The summed E-state index contributed by atoms with van der Waals surface area (Å²) < 4.78 is 49.9. The van der Waals surface area contributed by atoms with Crippen LogP contribution >= 0.6 is 0 Å². The predicted molar refractivity (Wildman–Crippen MR) is 72.6 cm³/mol. The molecule has 1 aromatic heterocycles. The Hall–Kier alpha value is -1.61. The van der Waals surface area contributed by atoms with Gasteiger partial charge in [-0.3, -0.25) is 9.48 Å². The van der Waals surface area contributed by atoms with Gasteiger partial charge in [0.15, 0.2) is 0 Å². The van der Waals surface area contributed by atoms with Crippen LogP contribution in [0.2, 0.25) is 0 Å². The van der Waals surface area contributed by atoms with Gasteiger partial charge in [0.1, 0.15) is 12.2 Å². The fraction of sp³-hybridized carbons (Fsp3) is 0.714. The van der Waals surface area contributed by atoms with Crippen LogP contribution in [0.1, 0.15) is 18.9 Å². The number of ether oxygens (including phenoxy) is 2. The summed E-state index contributed by atoms with van der Waals surface area (Å²) in [5.41, 5.74) is 0. The van der Waals surface area contributed by atoms with E-state index in [2.05, 4.69) is 5.10 Å². The van der Waals surface area contributed by atoms with Crippen LogP contribution in [0.15, 0.2) is 18.5 Å². The Labute approximate surface area is 131 Å². The molecule has 1 amide bonds. The molecule has 3 rings (SSSR count). The Kier molecular flexibility index (Phi) is 4.58. The van der Waals surface area contributed by atoms with Crippen molar-refractivity contribution < 1.29 is 27.4 Å². The fourth-order valence-corrected chi connectivity index (χ4v) is 2.84. The number of alkyl halides is 3. The molecule has 2 fully saturated rings. The highest BCUT2D eigenvalue weighted by molar-refractivity contribution is 5.76. The molecule has 2 saturated heterocycles. The molecule has 0 bridgehead atoms. The third-order valence-electron chi connectivity index (χ3n) is 4.09. The van der Waals surface area contributed by atoms with Crippen LogP contribution in [0.4, 0.5) is 13.2 Å². The largest absolute Gasteiger partial charge is 0.389 e. The average molecular weight is 333 g/mol. The van der Waals surface area contributed by atoms with Crippen molar-refractivity contribution in [2.24, 2.45) is 0 Å². The van der Waals surface area contributed by atoms with Crippen LogP contribution in [0.5, 0.6) is 0 Å². The topological polar surface area (TPSA) is 56.6 Å². The van der Waals surface area contributed by atoms with Crippen LogP contribution in [0.3, 0.4) is 0 Å². The molecular formula is C14H18F3N3O3. The third-order valence-corrected chi connectivity index (χ3v) is 4.09. The second-order valence-corrected chi connectivity index (χ2v) is 5.80. The molecule has 6 nitrogen and oxygen atoms in total. The number of nitrogens with zero attached hydrogens (tertiary/aromatic N) is 3. The van der Waals surface area contributed by atoms with Crippen molar-refractivity contribution in [3.05, 3.63) is 18.5 Å². The lowest BCUT2D eigenvalue weighted by Gasteiger charge is -2.19. The first kappa shape index (κ1) is 16.3. The Morgan fingerprint density at radius 1 is 1.22 bits per heavy atom. The molecule has 2 aliphatic heterocycles. The fourth-order valence-electron chi connectivity index (χ4n) is 2.84. The molecule has 2 atom stereocenters. The van der Waals surface area contributed by atoms with Crippen LogP contribution in [-0.2, 0) is 14.3 Å². The SMILES string of the molecule is O=C(CCC(F)(F)F)N1C[C@@H]2OCC(n3cccn3)CO[C@H]2C1. The van der Waals surface area contributed by atoms with Gasteiger partial charge in [-0.15, -0.1) is 0 Å². The standard InChI is InChI=1S/C14H18F3N3O3/c15-14(16,17)3-2-13(21)19-6-11-12(7-19)23-9-10(8-22-11)20-5-1-4-18-20/h1,4-5,10-12H,2-3,6-9H2/t11-,12-/m0/s1. The van der Waals surface area contributed by atoms with Crippen molar-refractivity contribution in [1.29, 1.82) is 0 Å². The number of aromatic nitrogens is 2. The number of halogens is 3. The Morgan fingerprint density at radius 3 is 2.39 bits per heavy atom. The van der Waals surface area contributed by atoms with Crippen molar-refractivity contribution in [1.82, 2.24) is 14.7 Å². The Balaban J connectivity index is 1.52. The quantitative estimate of drug-likeness (QED) is 0.839. The maximum atomic E-state index is 12.2. The summed E-state index contributed by atoms with van der Waals surface area (Å²) >= 11 is 0. The molecule has 0 aromatic carbocycles. The van der Waals surface area contributed by atoms with Crippen molar-refractivity contribution >= 4 is 5.91 Å². The molecule has 1 aromatic rings. The number of carbonyl (C=O) groups is 1. The number of fused-ring (bicyclic) bond motifs is 1. The van der Waals surface area contributed by atoms with Crippen LogP contribution < -0.4 is 0 Å². The molecule has 2 aliphatic rings. The zero-order chi connectivity index (χ0) is 16.4. The van der Waals surface area contributed by atoms with Crippen molar-refractivity contribution in [3.8, 4) is 0 Å². The van der Waals surface area contributed by atoms with Crippen LogP contribution in [-0.4, -0.2) is 65.3 Å². The van der Waals surface area contributed by atoms with E-state index in [0.29, 0.717) is 13.2 Å². The molecule has 0 radical (unpaired) electrons.